The first-order valence-corrected chi connectivity index (χ1v) is 8.33. The van der Waals surface area contributed by atoms with E-state index in [0.717, 1.165) is 46.4 Å². The fourth-order valence-electron chi connectivity index (χ4n) is 3.50. The van der Waals surface area contributed by atoms with Gasteiger partial charge in [-0.05, 0) is 65.7 Å². The molecule has 1 aromatic carbocycles. The lowest BCUT2D eigenvalue weighted by Crippen LogP contribution is -2.32. The quantitative estimate of drug-likeness (QED) is 0.838. The van der Waals surface area contributed by atoms with Crippen LogP contribution in [0, 0.1) is 18.8 Å². The van der Waals surface area contributed by atoms with E-state index in [1.807, 2.05) is 30.5 Å². The van der Waals surface area contributed by atoms with Gasteiger partial charge in [-0.1, -0.05) is 0 Å². The molecule has 2 heterocycles. The average Bonchev–Trinajstić information content (AvgIpc) is 3.06. The highest BCUT2D eigenvalue weighted by molar-refractivity contribution is 9.10. The fourth-order valence-corrected chi connectivity index (χ4v) is 4.16. The second kappa shape index (κ2) is 4.57. The number of aromatic nitrogens is 2. The van der Waals surface area contributed by atoms with Crippen molar-refractivity contribution in [1.82, 2.24) is 9.55 Å². The van der Waals surface area contributed by atoms with Crippen LogP contribution in [0.2, 0.25) is 0 Å². The zero-order valence-corrected chi connectivity index (χ0v) is 13.9. The van der Waals surface area contributed by atoms with Crippen LogP contribution in [-0.2, 0) is 6.54 Å². The summed E-state index contributed by atoms with van der Waals surface area (Å²) in [7, 11) is 0. The molecule has 1 aliphatic heterocycles. The standard InChI is InChI=1S/C16H18BrN3O/c1-3-20-15(21)12-4-9(2)5-13(17)14(12)18-16(20)19-7-10-6-11(10)8-19/h4-5,10-11H,3,6-8H2,1-2H3. The monoisotopic (exact) mass is 347 g/mol. The van der Waals surface area contributed by atoms with E-state index in [-0.39, 0.29) is 5.56 Å². The van der Waals surface area contributed by atoms with Crippen molar-refractivity contribution < 1.29 is 0 Å². The van der Waals surface area contributed by atoms with Crippen molar-refractivity contribution >= 4 is 32.8 Å². The third-order valence-corrected chi connectivity index (χ3v) is 5.32. The molecule has 0 spiro atoms. The van der Waals surface area contributed by atoms with Crippen molar-refractivity contribution in [1.29, 1.82) is 0 Å². The van der Waals surface area contributed by atoms with Crippen LogP contribution in [0.5, 0.6) is 0 Å². The number of benzene rings is 1. The Balaban J connectivity index is 1.95. The van der Waals surface area contributed by atoms with Gasteiger partial charge in [0.2, 0.25) is 5.95 Å². The molecule has 110 valence electrons. The van der Waals surface area contributed by atoms with Gasteiger partial charge in [-0.25, -0.2) is 4.98 Å². The minimum Gasteiger partial charge on any atom is -0.342 e. The summed E-state index contributed by atoms with van der Waals surface area (Å²) < 4.78 is 2.72. The molecule has 2 unspecified atom stereocenters. The van der Waals surface area contributed by atoms with Gasteiger partial charge < -0.3 is 4.90 Å². The molecule has 4 nitrogen and oxygen atoms in total. The summed E-state index contributed by atoms with van der Waals surface area (Å²) in [6, 6.07) is 3.96. The Morgan fingerprint density at radius 1 is 1.33 bits per heavy atom. The van der Waals surface area contributed by atoms with Gasteiger partial charge in [-0.15, -0.1) is 0 Å². The largest absolute Gasteiger partial charge is 0.342 e. The Hall–Kier alpha value is -1.36. The molecule has 2 aliphatic rings. The van der Waals surface area contributed by atoms with E-state index < -0.39 is 0 Å². The number of halogens is 1. The molecule has 0 radical (unpaired) electrons. The molecule has 2 fully saturated rings. The Morgan fingerprint density at radius 3 is 2.71 bits per heavy atom. The van der Waals surface area contributed by atoms with Crippen molar-refractivity contribution in [3.63, 3.8) is 0 Å². The molecular weight excluding hydrogens is 330 g/mol. The molecule has 1 aromatic heterocycles. The number of anilines is 1. The smallest absolute Gasteiger partial charge is 0.262 e. The number of nitrogens with zero attached hydrogens (tertiary/aromatic N) is 3. The van der Waals surface area contributed by atoms with E-state index in [9.17, 15) is 4.79 Å². The van der Waals surface area contributed by atoms with E-state index in [2.05, 4.69) is 20.8 Å². The third-order valence-electron chi connectivity index (χ3n) is 4.71. The van der Waals surface area contributed by atoms with E-state index in [0.29, 0.717) is 11.9 Å². The van der Waals surface area contributed by atoms with Crippen LogP contribution in [0.15, 0.2) is 21.4 Å². The molecule has 21 heavy (non-hydrogen) atoms. The van der Waals surface area contributed by atoms with Crippen LogP contribution >= 0.6 is 15.9 Å². The summed E-state index contributed by atoms with van der Waals surface area (Å²) in [6.07, 6.45) is 1.35. The molecule has 4 rings (SSSR count). The first kappa shape index (κ1) is 13.3. The number of fused-ring (bicyclic) bond motifs is 2. The Kier molecular flexibility index (Phi) is 2.89. The fraction of sp³-hybridized carbons (Fsp3) is 0.500. The second-order valence-corrected chi connectivity index (χ2v) is 7.12. The molecule has 1 saturated heterocycles. The SMILES string of the molecule is CCn1c(N2CC3CC3C2)nc2c(Br)cc(C)cc2c1=O. The van der Waals surface area contributed by atoms with Gasteiger partial charge in [-0.2, -0.15) is 0 Å². The van der Waals surface area contributed by atoms with Crippen LogP contribution in [0.25, 0.3) is 10.9 Å². The Labute approximate surface area is 131 Å². The highest BCUT2D eigenvalue weighted by Crippen LogP contribution is 2.46. The minimum absolute atomic E-state index is 0.0717. The molecule has 0 N–H and O–H groups in total. The molecule has 2 aromatic rings. The average molecular weight is 348 g/mol. The Morgan fingerprint density at radius 2 is 2.05 bits per heavy atom. The van der Waals surface area contributed by atoms with Crippen LogP contribution < -0.4 is 10.5 Å². The van der Waals surface area contributed by atoms with Gasteiger partial charge >= 0.3 is 0 Å². The normalized spacial score (nSPS) is 23.7. The van der Waals surface area contributed by atoms with Crippen molar-refractivity contribution in [2.45, 2.75) is 26.8 Å². The second-order valence-electron chi connectivity index (χ2n) is 6.26. The molecule has 2 atom stereocenters. The predicted molar refractivity (Wildman–Crippen MR) is 87.9 cm³/mol. The van der Waals surface area contributed by atoms with Crippen LogP contribution in [0.1, 0.15) is 18.9 Å². The summed E-state index contributed by atoms with van der Waals surface area (Å²) in [4.78, 5) is 19.9. The van der Waals surface area contributed by atoms with E-state index in [4.69, 9.17) is 4.98 Å². The molecule has 0 bridgehead atoms. The van der Waals surface area contributed by atoms with Gasteiger partial charge in [0.25, 0.3) is 5.56 Å². The lowest BCUT2D eigenvalue weighted by molar-refractivity contribution is 0.672. The van der Waals surface area contributed by atoms with Gasteiger partial charge in [0.15, 0.2) is 0 Å². The summed E-state index contributed by atoms with van der Waals surface area (Å²) in [5.41, 5.74) is 1.93. The van der Waals surface area contributed by atoms with E-state index >= 15 is 0 Å². The first-order valence-electron chi connectivity index (χ1n) is 7.54. The lowest BCUT2D eigenvalue weighted by atomic mass is 10.1. The third kappa shape index (κ3) is 2.01. The number of piperidine rings is 1. The maximum atomic E-state index is 12.8. The zero-order chi connectivity index (χ0) is 14.7. The molecule has 1 aliphatic carbocycles. The van der Waals surface area contributed by atoms with Crippen LogP contribution in [0.3, 0.4) is 0 Å². The lowest BCUT2D eigenvalue weighted by Gasteiger charge is -2.23. The van der Waals surface area contributed by atoms with E-state index in [1.54, 1.807) is 0 Å². The molecule has 5 heteroatoms. The summed E-state index contributed by atoms with van der Waals surface area (Å²) in [6.45, 7) is 6.77. The highest BCUT2D eigenvalue weighted by atomic mass is 79.9. The molecule has 0 amide bonds. The van der Waals surface area contributed by atoms with Crippen molar-refractivity contribution in [2.24, 2.45) is 11.8 Å². The summed E-state index contributed by atoms with van der Waals surface area (Å²) in [5, 5.41) is 0.705. The van der Waals surface area contributed by atoms with Gasteiger partial charge in [-0.3, -0.25) is 9.36 Å². The maximum Gasteiger partial charge on any atom is 0.262 e. The minimum atomic E-state index is 0.0717. The number of aryl methyl sites for hydroxylation is 1. The Bertz CT molecular complexity index is 788. The van der Waals surface area contributed by atoms with Gasteiger partial charge in [0.05, 0.1) is 10.9 Å². The zero-order valence-electron chi connectivity index (χ0n) is 12.3. The maximum absolute atomic E-state index is 12.8. The van der Waals surface area contributed by atoms with Crippen molar-refractivity contribution in [2.75, 3.05) is 18.0 Å². The predicted octanol–water partition coefficient (Wildman–Crippen LogP) is 2.94. The molecular formula is C16H18BrN3O. The number of rotatable bonds is 2. The van der Waals surface area contributed by atoms with Crippen molar-refractivity contribution in [3.05, 3.63) is 32.5 Å². The van der Waals surface area contributed by atoms with Crippen LogP contribution in [0.4, 0.5) is 5.95 Å². The highest BCUT2D eigenvalue weighted by Gasteiger charge is 2.46. The summed E-state index contributed by atoms with van der Waals surface area (Å²) in [5.74, 6) is 2.49. The van der Waals surface area contributed by atoms with E-state index in [1.165, 1.54) is 6.42 Å². The van der Waals surface area contributed by atoms with Crippen LogP contribution in [-0.4, -0.2) is 22.6 Å². The van der Waals surface area contributed by atoms with Gasteiger partial charge in [0.1, 0.15) is 0 Å². The number of hydrogen-bond donors (Lipinski definition) is 0. The first-order chi connectivity index (χ1) is 10.1. The van der Waals surface area contributed by atoms with Gasteiger partial charge in [0, 0.05) is 24.1 Å². The van der Waals surface area contributed by atoms with Crippen molar-refractivity contribution in [3.8, 4) is 0 Å². The number of hydrogen-bond acceptors (Lipinski definition) is 3. The topological polar surface area (TPSA) is 38.1 Å². The summed E-state index contributed by atoms with van der Waals surface area (Å²) >= 11 is 3.56. The molecule has 1 saturated carbocycles.